The second-order valence-corrected chi connectivity index (χ2v) is 11.1. The average Bonchev–Trinajstić information content (AvgIpc) is 2.07. The van der Waals surface area contributed by atoms with Crippen molar-refractivity contribution >= 4 is 8.32 Å². The molecule has 0 aromatic rings. The summed E-state index contributed by atoms with van der Waals surface area (Å²) in [7, 11) is -1.70. The molecule has 0 radical (unpaired) electrons. The van der Waals surface area contributed by atoms with Gasteiger partial charge < -0.3 is 4.43 Å². The average molecular weight is 237 g/mol. The maximum Gasteiger partial charge on any atom is 0.249 e. The van der Waals surface area contributed by atoms with E-state index in [-0.39, 0.29) is 10.5 Å². The first kappa shape index (κ1) is 13.3. The molecule has 0 aliphatic heterocycles. The molecule has 1 fully saturated rings. The normalized spacial score (nSPS) is 20.2. The highest BCUT2D eigenvalue weighted by atomic mass is 28.4. The van der Waals surface area contributed by atoms with E-state index in [9.17, 15) is 0 Å². The SMILES string of the molecule is CC(C)(C)[Si](C)(C)O/C=C/C1(C#N)CCC1. The molecule has 0 aromatic heterocycles. The van der Waals surface area contributed by atoms with Crippen LogP contribution in [0.5, 0.6) is 0 Å². The zero-order chi connectivity index (χ0) is 12.4. The summed E-state index contributed by atoms with van der Waals surface area (Å²) >= 11 is 0. The molecule has 0 unspecified atom stereocenters. The Kier molecular flexibility index (Phi) is 3.54. The van der Waals surface area contributed by atoms with Crippen molar-refractivity contribution in [3.8, 4) is 6.07 Å². The van der Waals surface area contributed by atoms with Crippen LogP contribution in [0.15, 0.2) is 12.3 Å². The smallest absolute Gasteiger partial charge is 0.249 e. The highest BCUT2D eigenvalue weighted by molar-refractivity contribution is 6.74. The fraction of sp³-hybridized carbons (Fsp3) is 0.769. The molecule has 90 valence electrons. The molecule has 0 N–H and O–H groups in total. The molecule has 1 aliphatic carbocycles. The number of rotatable bonds is 3. The Hall–Kier alpha value is -0.753. The summed E-state index contributed by atoms with van der Waals surface area (Å²) < 4.78 is 5.93. The van der Waals surface area contributed by atoms with Gasteiger partial charge in [0.05, 0.1) is 17.7 Å². The van der Waals surface area contributed by atoms with E-state index >= 15 is 0 Å². The Morgan fingerprint density at radius 1 is 1.31 bits per heavy atom. The second-order valence-electron chi connectivity index (χ2n) is 6.30. The van der Waals surface area contributed by atoms with Gasteiger partial charge in [-0.2, -0.15) is 5.26 Å². The first-order chi connectivity index (χ1) is 7.22. The molecule has 2 nitrogen and oxygen atoms in total. The molecule has 0 amide bonds. The molecular weight excluding hydrogens is 214 g/mol. The first-order valence-electron chi connectivity index (χ1n) is 5.99. The summed E-state index contributed by atoms with van der Waals surface area (Å²) in [5, 5.41) is 9.30. The first-order valence-corrected chi connectivity index (χ1v) is 8.90. The third kappa shape index (κ3) is 2.68. The molecule has 0 atom stereocenters. The van der Waals surface area contributed by atoms with Crippen LogP contribution in [0.1, 0.15) is 40.0 Å². The number of nitriles is 1. The lowest BCUT2D eigenvalue weighted by Gasteiger charge is -2.36. The van der Waals surface area contributed by atoms with Crippen LogP contribution in [0.3, 0.4) is 0 Å². The van der Waals surface area contributed by atoms with Crippen LogP contribution >= 0.6 is 0 Å². The minimum Gasteiger partial charge on any atom is -0.549 e. The molecule has 1 rings (SSSR count). The Bertz CT molecular complexity index is 316. The van der Waals surface area contributed by atoms with E-state index in [4.69, 9.17) is 9.69 Å². The predicted molar refractivity (Wildman–Crippen MR) is 69.3 cm³/mol. The monoisotopic (exact) mass is 237 g/mol. The van der Waals surface area contributed by atoms with Crippen molar-refractivity contribution in [2.75, 3.05) is 0 Å². The van der Waals surface area contributed by atoms with Crippen molar-refractivity contribution in [3.63, 3.8) is 0 Å². The van der Waals surface area contributed by atoms with Gasteiger partial charge in [-0.25, -0.2) is 0 Å². The molecule has 0 bridgehead atoms. The summed E-state index contributed by atoms with van der Waals surface area (Å²) in [4.78, 5) is 0. The van der Waals surface area contributed by atoms with Gasteiger partial charge in [0.15, 0.2) is 0 Å². The molecule has 0 saturated heterocycles. The Labute approximate surface area is 100 Å². The van der Waals surface area contributed by atoms with Crippen LogP contribution in [0.25, 0.3) is 0 Å². The van der Waals surface area contributed by atoms with Crippen molar-refractivity contribution in [1.29, 1.82) is 5.26 Å². The number of allylic oxidation sites excluding steroid dienone is 1. The standard InChI is InChI=1S/C13H23NOSi/c1-12(2,3)16(4,5)15-10-9-13(11-14)7-6-8-13/h9-10H,6-8H2,1-5H3/b10-9+. The van der Waals surface area contributed by atoms with Gasteiger partial charge in [0.2, 0.25) is 8.32 Å². The van der Waals surface area contributed by atoms with Gasteiger partial charge in [-0.3, -0.25) is 0 Å². The Balaban J connectivity index is 2.58. The quantitative estimate of drug-likeness (QED) is 0.544. The zero-order valence-corrected chi connectivity index (χ0v) is 12.1. The van der Waals surface area contributed by atoms with E-state index in [0.29, 0.717) is 0 Å². The van der Waals surface area contributed by atoms with Crippen LogP contribution in [-0.2, 0) is 4.43 Å². The van der Waals surface area contributed by atoms with Crippen LogP contribution in [0.2, 0.25) is 18.1 Å². The van der Waals surface area contributed by atoms with Crippen LogP contribution in [0, 0.1) is 16.7 Å². The zero-order valence-electron chi connectivity index (χ0n) is 11.1. The van der Waals surface area contributed by atoms with Gasteiger partial charge in [-0.1, -0.05) is 20.8 Å². The largest absolute Gasteiger partial charge is 0.549 e. The fourth-order valence-electron chi connectivity index (χ4n) is 1.38. The van der Waals surface area contributed by atoms with Crippen LogP contribution in [-0.4, -0.2) is 8.32 Å². The van der Waals surface area contributed by atoms with Crippen molar-refractivity contribution in [2.24, 2.45) is 5.41 Å². The fourth-order valence-corrected chi connectivity index (χ4v) is 2.15. The lowest BCUT2D eigenvalue weighted by atomic mass is 9.70. The minimum atomic E-state index is -1.70. The van der Waals surface area contributed by atoms with Gasteiger partial charge in [0.25, 0.3) is 0 Å². The van der Waals surface area contributed by atoms with Gasteiger partial charge in [-0.05, 0) is 43.5 Å². The maximum atomic E-state index is 9.08. The maximum absolute atomic E-state index is 9.08. The van der Waals surface area contributed by atoms with Gasteiger partial charge >= 0.3 is 0 Å². The topological polar surface area (TPSA) is 33.0 Å². The summed E-state index contributed by atoms with van der Waals surface area (Å²) in [6.07, 6.45) is 6.90. The molecule has 0 aromatic carbocycles. The second kappa shape index (κ2) is 4.25. The molecule has 0 spiro atoms. The molecule has 1 saturated carbocycles. The van der Waals surface area contributed by atoms with Crippen molar-refractivity contribution in [3.05, 3.63) is 12.3 Å². The van der Waals surface area contributed by atoms with Crippen molar-refractivity contribution in [1.82, 2.24) is 0 Å². The number of nitrogens with zero attached hydrogens (tertiary/aromatic N) is 1. The van der Waals surface area contributed by atoms with Crippen LogP contribution < -0.4 is 0 Å². The lowest BCUT2D eigenvalue weighted by Crippen LogP contribution is -2.39. The van der Waals surface area contributed by atoms with Crippen LogP contribution in [0.4, 0.5) is 0 Å². The molecule has 1 aliphatic rings. The Morgan fingerprint density at radius 2 is 1.88 bits per heavy atom. The van der Waals surface area contributed by atoms with Crippen molar-refractivity contribution in [2.45, 2.75) is 58.2 Å². The number of hydrogen-bond acceptors (Lipinski definition) is 2. The van der Waals surface area contributed by atoms with E-state index in [1.165, 1.54) is 0 Å². The highest BCUT2D eigenvalue weighted by Crippen LogP contribution is 2.42. The van der Waals surface area contributed by atoms with Gasteiger partial charge in [0, 0.05) is 0 Å². The van der Waals surface area contributed by atoms with E-state index in [1.54, 1.807) is 6.26 Å². The Morgan fingerprint density at radius 3 is 2.19 bits per heavy atom. The lowest BCUT2D eigenvalue weighted by molar-refractivity contribution is 0.280. The van der Waals surface area contributed by atoms with E-state index < -0.39 is 8.32 Å². The highest BCUT2D eigenvalue weighted by Gasteiger charge is 2.39. The molecule has 0 heterocycles. The van der Waals surface area contributed by atoms with E-state index in [0.717, 1.165) is 19.3 Å². The third-order valence-electron chi connectivity index (χ3n) is 4.02. The molecule has 3 heteroatoms. The summed E-state index contributed by atoms with van der Waals surface area (Å²) in [6, 6.07) is 2.39. The van der Waals surface area contributed by atoms with E-state index in [2.05, 4.69) is 39.9 Å². The van der Waals surface area contributed by atoms with Gasteiger partial charge in [-0.15, -0.1) is 0 Å². The summed E-state index contributed by atoms with van der Waals surface area (Å²) in [6.45, 7) is 11.1. The molecule has 16 heavy (non-hydrogen) atoms. The third-order valence-corrected chi connectivity index (χ3v) is 8.36. The number of hydrogen-bond donors (Lipinski definition) is 0. The predicted octanol–water partition coefficient (Wildman–Crippen LogP) is 4.22. The van der Waals surface area contributed by atoms with Gasteiger partial charge in [0.1, 0.15) is 0 Å². The summed E-state index contributed by atoms with van der Waals surface area (Å²) in [5.74, 6) is 0. The molecular formula is C13H23NOSi. The minimum absolute atomic E-state index is 0.219. The van der Waals surface area contributed by atoms with Crippen molar-refractivity contribution < 1.29 is 4.43 Å². The van der Waals surface area contributed by atoms with E-state index in [1.807, 2.05) is 6.08 Å². The summed E-state index contributed by atoms with van der Waals surface area (Å²) in [5.41, 5.74) is -0.220.